The number of rotatable bonds is 3. The Hall–Kier alpha value is -1.96. The quantitative estimate of drug-likeness (QED) is 0.510. The van der Waals surface area contributed by atoms with Crippen molar-refractivity contribution >= 4 is 50.6 Å². The van der Waals surface area contributed by atoms with E-state index in [4.69, 9.17) is 17.4 Å². The van der Waals surface area contributed by atoms with Gasteiger partial charge in [0.2, 0.25) is 5.95 Å². The second kappa shape index (κ2) is 5.20. The number of nitrogens with two attached hydrogens (primary N) is 1. The highest BCUT2D eigenvalue weighted by atomic mass is 35.5. The first-order valence-electron chi connectivity index (χ1n) is 5.61. The van der Waals surface area contributed by atoms with Gasteiger partial charge in [0.25, 0.3) is 0 Å². The van der Waals surface area contributed by atoms with Gasteiger partial charge in [0.15, 0.2) is 0 Å². The number of halogens is 2. The topological polar surface area (TPSA) is 75.9 Å². The van der Waals surface area contributed by atoms with E-state index in [9.17, 15) is 4.39 Å². The molecular weight excluding hydrogens is 301 g/mol. The van der Waals surface area contributed by atoms with Crippen LogP contribution in [0.1, 0.15) is 0 Å². The molecule has 0 fully saturated rings. The predicted octanol–water partition coefficient (Wildman–Crippen LogP) is 3.51. The van der Waals surface area contributed by atoms with Crippen molar-refractivity contribution in [2.24, 2.45) is 5.84 Å². The van der Waals surface area contributed by atoms with Gasteiger partial charge >= 0.3 is 0 Å². The first-order chi connectivity index (χ1) is 9.67. The largest absolute Gasteiger partial charge is 0.338 e. The normalized spacial score (nSPS) is 10.8. The number of benzene rings is 1. The van der Waals surface area contributed by atoms with Crippen LogP contribution >= 0.6 is 22.9 Å². The first-order valence-corrected chi connectivity index (χ1v) is 6.87. The molecule has 0 saturated heterocycles. The molecule has 20 heavy (non-hydrogen) atoms. The van der Waals surface area contributed by atoms with Crippen molar-refractivity contribution in [2.75, 3.05) is 10.7 Å². The molecule has 4 N–H and O–H groups in total. The van der Waals surface area contributed by atoms with E-state index in [0.29, 0.717) is 17.5 Å². The van der Waals surface area contributed by atoms with E-state index in [-0.39, 0.29) is 5.02 Å². The minimum Gasteiger partial charge on any atom is -0.338 e. The molecule has 8 heteroatoms. The zero-order valence-electron chi connectivity index (χ0n) is 10.0. The molecule has 0 bridgehead atoms. The van der Waals surface area contributed by atoms with E-state index in [1.165, 1.54) is 23.5 Å². The van der Waals surface area contributed by atoms with Crippen molar-refractivity contribution in [1.82, 2.24) is 9.97 Å². The number of thiophene rings is 1. The summed E-state index contributed by atoms with van der Waals surface area (Å²) >= 11 is 7.46. The molecule has 102 valence electrons. The third-order valence-corrected chi connectivity index (χ3v) is 3.76. The Morgan fingerprint density at radius 3 is 2.85 bits per heavy atom. The number of hydrogen-bond acceptors (Lipinski definition) is 6. The SMILES string of the molecule is NNc1nc(Nc2ccc(F)cc2Cl)c2ccsc2n1. The fourth-order valence-corrected chi connectivity index (χ4v) is 2.71. The Bertz CT molecular complexity index is 776. The van der Waals surface area contributed by atoms with E-state index in [2.05, 4.69) is 20.7 Å². The van der Waals surface area contributed by atoms with Gasteiger partial charge in [0.1, 0.15) is 16.5 Å². The van der Waals surface area contributed by atoms with Crippen LogP contribution in [-0.4, -0.2) is 9.97 Å². The molecule has 0 aliphatic carbocycles. The molecule has 0 aliphatic rings. The number of anilines is 3. The predicted molar refractivity (Wildman–Crippen MR) is 79.9 cm³/mol. The Labute approximate surface area is 122 Å². The van der Waals surface area contributed by atoms with Crippen molar-refractivity contribution in [3.63, 3.8) is 0 Å². The van der Waals surface area contributed by atoms with E-state index in [1.54, 1.807) is 6.07 Å². The number of nitrogen functional groups attached to an aromatic ring is 1. The van der Waals surface area contributed by atoms with Crippen LogP contribution in [0.4, 0.5) is 21.8 Å². The van der Waals surface area contributed by atoms with Gasteiger partial charge in [0.05, 0.1) is 16.1 Å². The van der Waals surface area contributed by atoms with Gasteiger partial charge in [-0.3, -0.25) is 5.43 Å². The molecule has 3 rings (SSSR count). The molecule has 2 heterocycles. The van der Waals surface area contributed by atoms with Crippen LogP contribution in [0.2, 0.25) is 5.02 Å². The molecule has 0 atom stereocenters. The number of hydrogen-bond donors (Lipinski definition) is 3. The number of fused-ring (bicyclic) bond motifs is 1. The Morgan fingerprint density at radius 2 is 2.10 bits per heavy atom. The average molecular weight is 310 g/mol. The first kappa shape index (κ1) is 13.0. The molecule has 0 spiro atoms. The van der Waals surface area contributed by atoms with Crippen molar-refractivity contribution in [3.05, 3.63) is 40.5 Å². The summed E-state index contributed by atoms with van der Waals surface area (Å²) in [6.07, 6.45) is 0. The monoisotopic (exact) mass is 309 g/mol. The van der Waals surface area contributed by atoms with Gasteiger partial charge in [0, 0.05) is 0 Å². The average Bonchev–Trinajstić information content (AvgIpc) is 2.90. The fraction of sp³-hybridized carbons (Fsp3) is 0. The van der Waals surface area contributed by atoms with Gasteiger partial charge in [-0.1, -0.05) is 11.6 Å². The minimum absolute atomic E-state index is 0.272. The number of hydrazine groups is 1. The van der Waals surface area contributed by atoms with Crippen LogP contribution in [0, 0.1) is 5.82 Å². The molecule has 0 radical (unpaired) electrons. The van der Waals surface area contributed by atoms with Crippen LogP contribution in [-0.2, 0) is 0 Å². The number of nitrogens with zero attached hydrogens (tertiary/aromatic N) is 2. The molecule has 5 nitrogen and oxygen atoms in total. The highest BCUT2D eigenvalue weighted by Crippen LogP contribution is 2.31. The lowest BCUT2D eigenvalue weighted by Gasteiger charge is -2.10. The standard InChI is InChI=1S/C12H9ClFN5S/c13-8-5-6(14)1-2-9(8)16-10-7-3-4-20-11(7)18-12(17-10)19-15/h1-5H,15H2,(H2,16,17,18,19). The zero-order chi connectivity index (χ0) is 14.1. The summed E-state index contributed by atoms with van der Waals surface area (Å²) in [7, 11) is 0. The third-order valence-electron chi connectivity index (χ3n) is 2.64. The zero-order valence-corrected chi connectivity index (χ0v) is 11.6. The summed E-state index contributed by atoms with van der Waals surface area (Å²) in [6.45, 7) is 0. The molecule has 3 aromatic rings. The van der Waals surface area contributed by atoms with E-state index in [1.807, 2.05) is 11.4 Å². The maximum atomic E-state index is 13.0. The highest BCUT2D eigenvalue weighted by molar-refractivity contribution is 7.16. The molecule has 1 aromatic carbocycles. The summed E-state index contributed by atoms with van der Waals surface area (Å²) in [6, 6.07) is 5.99. The van der Waals surface area contributed by atoms with E-state index >= 15 is 0 Å². The van der Waals surface area contributed by atoms with Crippen LogP contribution < -0.4 is 16.6 Å². The fourth-order valence-electron chi connectivity index (χ4n) is 1.73. The smallest absolute Gasteiger partial charge is 0.240 e. The molecule has 0 aliphatic heterocycles. The van der Waals surface area contributed by atoms with Crippen LogP contribution in [0.15, 0.2) is 29.6 Å². The van der Waals surface area contributed by atoms with Crippen LogP contribution in [0.25, 0.3) is 10.2 Å². The van der Waals surface area contributed by atoms with Crippen molar-refractivity contribution < 1.29 is 4.39 Å². The van der Waals surface area contributed by atoms with Gasteiger partial charge in [-0.05, 0) is 29.6 Å². The maximum absolute atomic E-state index is 13.0. The summed E-state index contributed by atoms with van der Waals surface area (Å²) in [5.74, 6) is 5.80. The van der Waals surface area contributed by atoms with Gasteiger partial charge < -0.3 is 5.32 Å². The molecule has 2 aromatic heterocycles. The second-order valence-corrected chi connectivity index (χ2v) is 5.23. The summed E-state index contributed by atoms with van der Waals surface area (Å²) in [5, 5.41) is 6.08. The third kappa shape index (κ3) is 2.38. The second-order valence-electron chi connectivity index (χ2n) is 3.93. The molecule has 0 saturated carbocycles. The van der Waals surface area contributed by atoms with Crippen molar-refractivity contribution in [1.29, 1.82) is 0 Å². The maximum Gasteiger partial charge on any atom is 0.240 e. The Morgan fingerprint density at radius 1 is 1.25 bits per heavy atom. The molecule has 0 amide bonds. The van der Waals surface area contributed by atoms with Crippen LogP contribution in [0.5, 0.6) is 0 Å². The van der Waals surface area contributed by atoms with E-state index < -0.39 is 5.82 Å². The van der Waals surface area contributed by atoms with Gasteiger partial charge in [-0.25, -0.2) is 15.2 Å². The lowest BCUT2D eigenvalue weighted by Crippen LogP contribution is -2.11. The van der Waals surface area contributed by atoms with E-state index in [0.717, 1.165) is 10.2 Å². The van der Waals surface area contributed by atoms with Crippen molar-refractivity contribution in [3.8, 4) is 0 Å². The Kier molecular flexibility index (Phi) is 3.39. The highest BCUT2D eigenvalue weighted by Gasteiger charge is 2.10. The summed E-state index contributed by atoms with van der Waals surface area (Å²) in [4.78, 5) is 9.26. The molecular formula is C12H9ClFN5S. The summed E-state index contributed by atoms with van der Waals surface area (Å²) < 4.78 is 13.0. The number of aromatic nitrogens is 2. The minimum atomic E-state index is -0.395. The van der Waals surface area contributed by atoms with Crippen molar-refractivity contribution in [2.45, 2.75) is 0 Å². The lowest BCUT2D eigenvalue weighted by molar-refractivity contribution is 0.628. The Balaban J connectivity index is 2.07. The summed E-state index contributed by atoms with van der Waals surface area (Å²) in [5.41, 5.74) is 2.97. The number of nitrogens with one attached hydrogen (secondary N) is 2. The van der Waals surface area contributed by atoms with Gasteiger partial charge in [-0.15, -0.1) is 11.3 Å². The molecule has 0 unspecified atom stereocenters. The van der Waals surface area contributed by atoms with Crippen LogP contribution in [0.3, 0.4) is 0 Å². The van der Waals surface area contributed by atoms with Gasteiger partial charge in [-0.2, -0.15) is 4.98 Å². The lowest BCUT2D eigenvalue weighted by atomic mass is 10.3.